The molecule has 6 heteroatoms. The Labute approximate surface area is 148 Å². The number of hydrogen-bond acceptors (Lipinski definition) is 5. The monoisotopic (exact) mass is 338 g/mol. The fourth-order valence-corrected chi connectivity index (χ4v) is 3.74. The molecule has 4 heterocycles. The Bertz CT molecular complexity index is 865. The van der Waals surface area contributed by atoms with Gasteiger partial charge in [-0.2, -0.15) is 5.10 Å². The van der Waals surface area contributed by atoms with Crippen LogP contribution >= 0.6 is 0 Å². The molecule has 1 aliphatic rings. The molecule has 25 heavy (non-hydrogen) atoms. The predicted molar refractivity (Wildman–Crippen MR) is 102 cm³/mol. The summed E-state index contributed by atoms with van der Waals surface area (Å²) in [5.41, 5.74) is 3.27. The van der Waals surface area contributed by atoms with Crippen molar-refractivity contribution in [3.05, 3.63) is 36.2 Å². The van der Waals surface area contributed by atoms with Gasteiger partial charge in [0.2, 0.25) is 0 Å². The summed E-state index contributed by atoms with van der Waals surface area (Å²) in [6.07, 6.45) is 3.19. The molecule has 0 aliphatic carbocycles. The molecular weight excluding hydrogens is 312 g/mol. The molecule has 1 unspecified atom stereocenters. The number of pyridine rings is 1. The van der Waals surface area contributed by atoms with Crippen molar-refractivity contribution in [3.63, 3.8) is 0 Å². The first-order valence-electron chi connectivity index (χ1n) is 9.16. The van der Waals surface area contributed by atoms with E-state index in [1.54, 1.807) is 0 Å². The van der Waals surface area contributed by atoms with Gasteiger partial charge in [0.25, 0.3) is 0 Å². The van der Waals surface area contributed by atoms with Crippen molar-refractivity contribution < 1.29 is 0 Å². The Hall–Kier alpha value is -2.18. The maximum absolute atomic E-state index is 4.41. The zero-order valence-electron chi connectivity index (χ0n) is 15.0. The van der Waals surface area contributed by atoms with Gasteiger partial charge in [-0.1, -0.05) is 6.07 Å². The molecule has 0 bridgehead atoms. The number of fused-ring (bicyclic) bond motifs is 3. The molecule has 0 aromatic carbocycles. The van der Waals surface area contributed by atoms with Crippen LogP contribution < -0.4 is 10.6 Å². The van der Waals surface area contributed by atoms with Crippen LogP contribution in [-0.2, 0) is 0 Å². The molecule has 1 saturated heterocycles. The summed E-state index contributed by atoms with van der Waals surface area (Å²) in [6, 6.07) is 9.01. The number of hydrogen-bond donors (Lipinski definition) is 2. The van der Waals surface area contributed by atoms with Gasteiger partial charge in [-0.3, -0.25) is 4.90 Å². The van der Waals surface area contributed by atoms with Gasteiger partial charge in [0.15, 0.2) is 5.82 Å². The second kappa shape index (κ2) is 6.98. The van der Waals surface area contributed by atoms with E-state index in [2.05, 4.69) is 67.5 Å². The van der Waals surface area contributed by atoms with E-state index in [1.165, 1.54) is 5.52 Å². The third-order valence-corrected chi connectivity index (χ3v) is 5.21. The van der Waals surface area contributed by atoms with E-state index in [0.717, 1.165) is 61.6 Å². The largest absolute Gasteiger partial charge is 0.368 e. The van der Waals surface area contributed by atoms with Crippen LogP contribution in [0.25, 0.3) is 16.4 Å². The summed E-state index contributed by atoms with van der Waals surface area (Å²) in [5, 5.41) is 16.9. The first-order chi connectivity index (χ1) is 12.2. The van der Waals surface area contributed by atoms with E-state index in [1.807, 2.05) is 6.92 Å². The van der Waals surface area contributed by atoms with Crippen LogP contribution in [0.3, 0.4) is 0 Å². The SMILES string of the molecule is Cc1nnc(NCCC(C)N2CCNCC2)c2cc3ccccn3c12. The van der Waals surface area contributed by atoms with Crippen LogP contribution in [-0.4, -0.2) is 58.3 Å². The lowest BCUT2D eigenvalue weighted by Crippen LogP contribution is -2.47. The summed E-state index contributed by atoms with van der Waals surface area (Å²) >= 11 is 0. The minimum absolute atomic E-state index is 0.580. The van der Waals surface area contributed by atoms with Gasteiger partial charge >= 0.3 is 0 Å². The molecule has 6 nitrogen and oxygen atoms in total. The lowest BCUT2D eigenvalue weighted by molar-refractivity contribution is 0.179. The Morgan fingerprint density at radius 3 is 2.92 bits per heavy atom. The topological polar surface area (TPSA) is 57.5 Å². The Balaban J connectivity index is 1.51. The van der Waals surface area contributed by atoms with E-state index >= 15 is 0 Å². The predicted octanol–water partition coefficient (Wildman–Crippen LogP) is 2.29. The van der Waals surface area contributed by atoms with Crippen molar-refractivity contribution >= 4 is 22.2 Å². The first-order valence-corrected chi connectivity index (χ1v) is 9.16. The number of aromatic nitrogens is 3. The number of aryl methyl sites for hydroxylation is 1. The summed E-state index contributed by atoms with van der Waals surface area (Å²) in [4.78, 5) is 2.56. The van der Waals surface area contributed by atoms with Crippen molar-refractivity contribution in [2.75, 3.05) is 38.0 Å². The van der Waals surface area contributed by atoms with Gasteiger partial charge in [-0.25, -0.2) is 0 Å². The van der Waals surface area contributed by atoms with Crippen LogP contribution in [0.4, 0.5) is 5.82 Å². The summed E-state index contributed by atoms with van der Waals surface area (Å²) in [5.74, 6) is 0.886. The molecule has 0 amide bonds. The van der Waals surface area contributed by atoms with E-state index in [-0.39, 0.29) is 0 Å². The molecule has 0 saturated carbocycles. The summed E-state index contributed by atoms with van der Waals surface area (Å²) in [7, 11) is 0. The zero-order valence-corrected chi connectivity index (χ0v) is 15.0. The van der Waals surface area contributed by atoms with Crippen LogP contribution in [0.5, 0.6) is 0 Å². The van der Waals surface area contributed by atoms with E-state index in [4.69, 9.17) is 0 Å². The third kappa shape index (κ3) is 3.19. The second-order valence-electron chi connectivity index (χ2n) is 6.89. The van der Waals surface area contributed by atoms with Crippen LogP contribution in [0, 0.1) is 6.92 Å². The quantitative estimate of drug-likeness (QED) is 0.747. The number of piperazine rings is 1. The lowest BCUT2D eigenvalue weighted by Gasteiger charge is -2.32. The molecule has 2 N–H and O–H groups in total. The fourth-order valence-electron chi connectivity index (χ4n) is 3.74. The van der Waals surface area contributed by atoms with E-state index < -0.39 is 0 Å². The van der Waals surface area contributed by atoms with Gasteiger partial charge in [0.05, 0.1) is 11.2 Å². The molecular formula is C19H26N6. The van der Waals surface area contributed by atoms with E-state index in [9.17, 15) is 0 Å². The third-order valence-electron chi connectivity index (χ3n) is 5.21. The minimum Gasteiger partial charge on any atom is -0.368 e. The van der Waals surface area contributed by atoms with Crippen LogP contribution in [0.2, 0.25) is 0 Å². The van der Waals surface area contributed by atoms with Gasteiger partial charge in [0, 0.05) is 55.9 Å². The highest BCUT2D eigenvalue weighted by atomic mass is 15.2. The summed E-state index contributed by atoms with van der Waals surface area (Å²) < 4.78 is 2.19. The van der Waals surface area contributed by atoms with Gasteiger partial charge in [-0.05, 0) is 38.5 Å². The smallest absolute Gasteiger partial charge is 0.158 e. The lowest BCUT2D eigenvalue weighted by atomic mass is 10.2. The second-order valence-corrected chi connectivity index (χ2v) is 6.89. The molecule has 1 aliphatic heterocycles. The molecule has 1 fully saturated rings. The number of rotatable bonds is 5. The van der Waals surface area contributed by atoms with E-state index in [0.29, 0.717) is 6.04 Å². The van der Waals surface area contributed by atoms with Crippen LogP contribution in [0.15, 0.2) is 30.5 Å². The normalized spacial score (nSPS) is 17.2. The molecule has 0 radical (unpaired) electrons. The molecule has 0 spiro atoms. The average molecular weight is 338 g/mol. The standard InChI is InChI=1S/C19H26N6/c1-14(24-11-8-20-9-12-24)6-7-21-19-17-13-16-5-3-4-10-25(16)18(17)15(2)22-23-19/h3-5,10,13-14,20H,6-9,11-12H2,1-2H3,(H,21,23). The van der Waals surface area contributed by atoms with Crippen molar-refractivity contribution in [1.29, 1.82) is 0 Å². The molecule has 3 aromatic rings. The zero-order chi connectivity index (χ0) is 17.2. The van der Waals surface area contributed by atoms with Crippen molar-refractivity contribution in [2.45, 2.75) is 26.3 Å². The fraction of sp³-hybridized carbons (Fsp3) is 0.474. The first kappa shape index (κ1) is 16.3. The number of nitrogens with one attached hydrogen (secondary N) is 2. The maximum Gasteiger partial charge on any atom is 0.158 e. The maximum atomic E-state index is 4.41. The van der Waals surface area contributed by atoms with Crippen LogP contribution in [0.1, 0.15) is 19.0 Å². The molecule has 3 aromatic heterocycles. The molecule has 4 rings (SSSR count). The highest BCUT2D eigenvalue weighted by Crippen LogP contribution is 2.27. The Morgan fingerprint density at radius 1 is 1.24 bits per heavy atom. The molecule has 132 valence electrons. The van der Waals surface area contributed by atoms with Gasteiger partial charge in [-0.15, -0.1) is 5.10 Å². The van der Waals surface area contributed by atoms with Gasteiger partial charge in [0.1, 0.15) is 0 Å². The average Bonchev–Trinajstić information content (AvgIpc) is 3.05. The Kier molecular flexibility index (Phi) is 4.55. The molecule has 1 atom stereocenters. The highest BCUT2D eigenvalue weighted by molar-refractivity contribution is 5.96. The van der Waals surface area contributed by atoms with Crippen molar-refractivity contribution in [3.8, 4) is 0 Å². The highest BCUT2D eigenvalue weighted by Gasteiger charge is 2.16. The Morgan fingerprint density at radius 2 is 2.08 bits per heavy atom. The van der Waals surface area contributed by atoms with Crippen molar-refractivity contribution in [2.24, 2.45) is 0 Å². The summed E-state index contributed by atoms with van der Waals surface area (Å²) in [6.45, 7) is 9.71. The number of anilines is 1. The van der Waals surface area contributed by atoms with Crippen molar-refractivity contribution in [1.82, 2.24) is 24.8 Å². The number of nitrogens with zero attached hydrogens (tertiary/aromatic N) is 4. The van der Waals surface area contributed by atoms with Gasteiger partial charge < -0.3 is 15.0 Å². The minimum atomic E-state index is 0.580.